The number of nitrogens with one attached hydrogen (secondary N) is 1. The summed E-state index contributed by atoms with van der Waals surface area (Å²) in [6.45, 7) is 3.11. The third kappa shape index (κ3) is 5.00. The standard InChI is InChI=1S/C19H24N4O2/c1-25-17-5-3-15(4-6-17)13-22-19(24)16-7-11-23(12-8-16)14-18-20-9-2-10-21-18/h2-6,9-10,16H,7-8,11-14H2,1H3,(H,22,24). The molecule has 0 saturated carbocycles. The number of rotatable bonds is 6. The molecule has 132 valence electrons. The normalized spacial score (nSPS) is 15.7. The van der Waals surface area contributed by atoms with Gasteiger partial charge in [0.15, 0.2) is 0 Å². The monoisotopic (exact) mass is 340 g/mol. The zero-order valence-corrected chi connectivity index (χ0v) is 14.5. The smallest absolute Gasteiger partial charge is 0.223 e. The molecule has 1 aliphatic rings. The summed E-state index contributed by atoms with van der Waals surface area (Å²) in [5, 5.41) is 3.05. The molecule has 0 atom stereocenters. The molecule has 0 spiro atoms. The van der Waals surface area contributed by atoms with Crippen LogP contribution in [0.3, 0.4) is 0 Å². The molecule has 1 fully saturated rings. The van der Waals surface area contributed by atoms with Crippen molar-refractivity contribution in [2.75, 3.05) is 20.2 Å². The zero-order chi connectivity index (χ0) is 17.5. The number of methoxy groups -OCH3 is 1. The van der Waals surface area contributed by atoms with E-state index in [4.69, 9.17) is 4.74 Å². The second-order valence-corrected chi connectivity index (χ2v) is 6.28. The van der Waals surface area contributed by atoms with Crippen molar-refractivity contribution in [3.05, 3.63) is 54.1 Å². The van der Waals surface area contributed by atoms with Gasteiger partial charge >= 0.3 is 0 Å². The van der Waals surface area contributed by atoms with Crippen LogP contribution >= 0.6 is 0 Å². The minimum Gasteiger partial charge on any atom is -0.497 e. The second kappa shape index (κ2) is 8.58. The van der Waals surface area contributed by atoms with Gasteiger partial charge in [0.1, 0.15) is 11.6 Å². The maximum absolute atomic E-state index is 12.4. The lowest BCUT2D eigenvalue weighted by molar-refractivity contribution is -0.126. The highest BCUT2D eigenvalue weighted by Crippen LogP contribution is 2.19. The summed E-state index contributed by atoms with van der Waals surface area (Å²) in [7, 11) is 1.65. The van der Waals surface area contributed by atoms with E-state index >= 15 is 0 Å². The number of nitrogens with zero attached hydrogens (tertiary/aromatic N) is 3. The summed E-state index contributed by atoms with van der Waals surface area (Å²) in [4.78, 5) is 23.2. The van der Waals surface area contributed by atoms with Crippen LogP contribution in [0.5, 0.6) is 5.75 Å². The van der Waals surface area contributed by atoms with Crippen LogP contribution in [0.15, 0.2) is 42.7 Å². The Morgan fingerprint density at radius 3 is 2.52 bits per heavy atom. The summed E-state index contributed by atoms with van der Waals surface area (Å²) in [5.41, 5.74) is 1.08. The SMILES string of the molecule is COc1ccc(CNC(=O)C2CCN(Cc3ncccn3)CC2)cc1. The summed E-state index contributed by atoms with van der Waals surface area (Å²) in [6, 6.07) is 9.59. The first-order chi connectivity index (χ1) is 12.2. The minimum atomic E-state index is 0.0891. The number of amides is 1. The molecule has 2 heterocycles. The lowest BCUT2D eigenvalue weighted by Gasteiger charge is -2.30. The van der Waals surface area contributed by atoms with E-state index in [-0.39, 0.29) is 11.8 Å². The number of carbonyl (C=O) groups excluding carboxylic acids is 1. The van der Waals surface area contributed by atoms with Crippen molar-refractivity contribution in [3.8, 4) is 5.75 Å². The molecule has 0 radical (unpaired) electrons. The summed E-state index contributed by atoms with van der Waals surface area (Å²) >= 11 is 0. The maximum Gasteiger partial charge on any atom is 0.223 e. The Bertz CT molecular complexity index is 668. The number of hydrogen-bond donors (Lipinski definition) is 1. The molecule has 1 aromatic carbocycles. The Morgan fingerprint density at radius 1 is 1.20 bits per heavy atom. The first-order valence-corrected chi connectivity index (χ1v) is 8.63. The van der Waals surface area contributed by atoms with Crippen LogP contribution in [0.1, 0.15) is 24.2 Å². The summed E-state index contributed by atoms with van der Waals surface area (Å²) in [5.74, 6) is 1.90. The Balaban J connectivity index is 1.41. The van der Waals surface area contributed by atoms with Crippen LogP contribution in [0, 0.1) is 5.92 Å². The van der Waals surface area contributed by atoms with Gasteiger partial charge in [0.2, 0.25) is 5.91 Å². The third-order valence-electron chi connectivity index (χ3n) is 4.57. The van der Waals surface area contributed by atoms with Gasteiger partial charge in [0.25, 0.3) is 0 Å². The molecular weight excluding hydrogens is 316 g/mol. The van der Waals surface area contributed by atoms with Crippen molar-refractivity contribution in [1.82, 2.24) is 20.2 Å². The molecule has 6 nitrogen and oxygen atoms in total. The molecule has 1 saturated heterocycles. The highest BCUT2D eigenvalue weighted by molar-refractivity contribution is 5.78. The van der Waals surface area contributed by atoms with Gasteiger partial charge in [-0.05, 0) is 49.7 Å². The van der Waals surface area contributed by atoms with Gasteiger partial charge in [-0.1, -0.05) is 12.1 Å². The molecule has 0 unspecified atom stereocenters. The minimum absolute atomic E-state index is 0.0891. The number of likely N-dealkylation sites (tertiary alicyclic amines) is 1. The Labute approximate surface area is 148 Å². The van der Waals surface area contributed by atoms with E-state index in [1.54, 1.807) is 19.5 Å². The van der Waals surface area contributed by atoms with Crippen LogP contribution in [0.2, 0.25) is 0 Å². The number of aromatic nitrogens is 2. The average Bonchev–Trinajstić information content (AvgIpc) is 2.68. The van der Waals surface area contributed by atoms with Gasteiger partial charge in [0, 0.05) is 24.9 Å². The third-order valence-corrected chi connectivity index (χ3v) is 4.57. The molecule has 1 aliphatic heterocycles. The predicted octanol–water partition coefficient (Wildman–Crippen LogP) is 2.01. The molecule has 25 heavy (non-hydrogen) atoms. The highest BCUT2D eigenvalue weighted by Gasteiger charge is 2.25. The molecule has 0 bridgehead atoms. The van der Waals surface area contributed by atoms with Gasteiger partial charge in [0.05, 0.1) is 13.7 Å². The molecular formula is C19H24N4O2. The molecule has 1 amide bonds. The fourth-order valence-corrected chi connectivity index (χ4v) is 3.04. The van der Waals surface area contributed by atoms with Crippen molar-refractivity contribution in [2.24, 2.45) is 5.92 Å². The Hall–Kier alpha value is -2.47. The van der Waals surface area contributed by atoms with E-state index < -0.39 is 0 Å². The van der Waals surface area contributed by atoms with Gasteiger partial charge in [-0.15, -0.1) is 0 Å². The number of benzene rings is 1. The molecule has 2 aromatic rings. The van der Waals surface area contributed by atoms with Gasteiger partial charge in [-0.25, -0.2) is 9.97 Å². The van der Waals surface area contributed by atoms with Gasteiger partial charge < -0.3 is 10.1 Å². The van der Waals surface area contributed by atoms with Gasteiger partial charge in [-0.2, -0.15) is 0 Å². The van der Waals surface area contributed by atoms with E-state index in [2.05, 4.69) is 20.2 Å². The zero-order valence-electron chi connectivity index (χ0n) is 14.5. The van der Waals surface area contributed by atoms with Crippen LogP contribution in [-0.4, -0.2) is 41.0 Å². The van der Waals surface area contributed by atoms with Gasteiger partial charge in [-0.3, -0.25) is 9.69 Å². The van der Waals surface area contributed by atoms with E-state index in [0.29, 0.717) is 6.54 Å². The van der Waals surface area contributed by atoms with Crippen molar-refractivity contribution in [2.45, 2.75) is 25.9 Å². The molecule has 1 aromatic heterocycles. The van der Waals surface area contributed by atoms with Crippen LogP contribution < -0.4 is 10.1 Å². The van der Waals surface area contributed by atoms with E-state index in [1.165, 1.54) is 0 Å². The van der Waals surface area contributed by atoms with E-state index in [9.17, 15) is 4.79 Å². The molecule has 3 rings (SSSR count). The number of hydrogen-bond acceptors (Lipinski definition) is 5. The Morgan fingerprint density at radius 2 is 1.88 bits per heavy atom. The van der Waals surface area contributed by atoms with E-state index in [0.717, 1.165) is 49.6 Å². The fourth-order valence-electron chi connectivity index (χ4n) is 3.04. The first-order valence-electron chi connectivity index (χ1n) is 8.63. The summed E-state index contributed by atoms with van der Waals surface area (Å²) < 4.78 is 5.14. The van der Waals surface area contributed by atoms with Crippen molar-refractivity contribution in [3.63, 3.8) is 0 Å². The second-order valence-electron chi connectivity index (χ2n) is 6.28. The maximum atomic E-state index is 12.4. The molecule has 1 N–H and O–H groups in total. The largest absolute Gasteiger partial charge is 0.497 e. The first kappa shape index (κ1) is 17.4. The van der Waals surface area contributed by atoms with E-state index in [1.807, 2.05) is 30.3 Å². The molecule has 6 heteroatoms. The number of carbonyl (C=O) groups is 1. The van der Waals surface area contributed by atoms with Crippen molar-refractivity contribution < 1.29 is 9.53 Å². The average molecular weight is 340 g/mol. The van der Waals surface area contributed by atoms with Crippen molar-refractivity contribution >= 4 is 5.91 Å². The fraction of sp³-hybridized carbons (Fsp3) is 0.421. The number of piperidine rings is 1. The van der Waals surface area contributed by atoms with Crippen molar-refractivity contribution in [1.29, 1.82) is 0 Å². The lowest BCUT2D eigenvalue weighted by Crippen LogP contribution is -2.40. The molecule has 0 aliphatic carbocycles. The topological polar surface area (TPSA) is 67.3 Å². The van der Waals surface area contributed by atoms with Crippen LogP contribution in [0.25, 0.3) is 0 Å². The van der Waals surface area contributed by atoms with Crippen LogP contribution in [0.4, 0.5) is 0 Å². The van der Waals surface area contributed by atoms with Crippen LogP contribution in [-0.2, 0) is 17.9 Å². The quantitative estimate of drug-likeness (QED) is 0.871. The predicted molar refractivity (Wildman–Crippen MR) is 94.9 cm³/mol. The number of ether oxygens (including phenoxy) is 1. The highest BCUT2D eigenvalue weighted by atomic mass is 16.5. The Kier molecular flexibility index (Phi) is 5.95. The summed E-state index contributed by atoms with van der Waals surface area (Å²) in [6.07, 6.45) is 5.28. The lowest BCUT2D eigenvalue weighted by atomic mass is 9.96.